The number of fused-ring (bicyclic) bond motifs is 1. The summed E-state index contributed by atoms with van der Waals surface area (Å²) < 4.78 is 0. The molecule has 0 N–H and O–H groups in total. The Balaban J connectivity index is 2.34. The average molecular weight is 133 g/mol. The number of hydrazone groups is 1. The summed E-state index contributed by atoms with van der Waals surface area (Å²) >= 11 is 0. The van der Waals surface area contributed by atoms with E-state index in [1.807, 2.05) is 23.2 Å². The molecule has 0 fully saturated rings. The summed E-state index contributed by atoms with van der Waals surface area (Å²) in [5.41, 5.74) is 0. The third-order valence-corrected chi connectivity index (χ3v) is 1.39. The van der Waals surface area contributed by atoms with E-state index in [9.17, 15) is 0 Å². The minimum absolute atomic E-state index is 0.833. The van der Waals surface area contributed by atoms with Gasteiger partial charge in [-0.05, 0) is 18.2 Å². The Morgan fingerprint density at radius 2 is 2.50 bits per heavy atom. The van der Waals surface area contributed by atoms with Crippen LogP contribution in [0.3, 0.4) is 0 Å². The van der Waals surface area contributed by atoms with Crippen molar-refractivity contribution < 1.29 is 0 Å². The normalized spacial score (nSPS) is 20.8. The molecule has 0 aromatic rings. The van der Waals surface area contributed by atoms with E-state index >= 15 is 0 Å². The van der Waals surface area contributed by atoms with Crippen molar-refractivity contribution in [1.29, 1.82) is 0 Å². The molecule has 0 saturated heterocycles. The van der Waals surface area contributed by atoms with Crippen molar-refractivity contribution >= 4 is 12.1 Å². The summed E-state index contributed by atoms with van der Waals surface area (Å²) in [5, 5.41) is 5.94. The SMILES string of the molecule is C1=CC2=NC=CCN2N=C1. The predicted octanol–water partition coefficient (Wildman–Crippen LogP) is 0.770. The first-order valence-corrected chi connectivity index (χ1v) is 3.18. The third kappa shape index (κ3) is 0.757. The highest BCUT2D eigenvalue weighted by Crippen LogP contribution is 2.04. The lowest BCUT2D eigenvalue weighted by atomic mass is 10.4. The Morgan fingerprint density at radius 1 is 1.50 bits per heavy atom. The number of aliphatic imine (C=N–C) groups is 1. The molecular weight excluding hydrogens is 126 g/mol. The molecule has 0 aromatic heterocycles. The smallest absolute Gasteiger partial charge is 0.149 e. The summed E-state index contributed by atoms with van der Waals surface area (Å²) in [7, 11) is 0. The standard InChI is InChI=1S/C7H7N3/c1-3-7-8-4-2-6-10(7)9-5-1/h1-5H,6H2. The van der Waals surface area contributed by atoms with Crippen LogP contribution in [0.1, 0.15) is 0 Å². The highest BCUT2D eigenvalue weighted by atomic mass is 15.5. The quantitative estimate of drug-likeness (QED) is 0.479. The monoisotopic (exact) mass is 133 g/mol. The first kappa shape index (κ1) is 5.41. The van der Waals surface area contributed by atoms with E-state index in [0.717, 1.165) is 12.4 Å². The minimum Gasteiger partial charge on any atom is -0.244 e. The fraction of sp³-hybridized carbons (Fsp3) is 0.143. The molecule has 0 unspecified atom stereocenters. The number of hydrogen-bond acceptors (Lipinski definition) is 3. The van der Waals surface area contributed by atoms with Gasteiger partial charge in [0.05, 0.1) is 6.54 Å². The van der Waals surface area contributed by atoms with Gasteiger partial charge in [0.1, 0.15) is 5.84 Å². The Hall–Kier alpha value is -1.38. The van der Waals surface area contributed by atoms with E-state index in [2.05, 4.69) is 10.1 Å². The van der Waals surface area contributed by atoms with E-state index in [0.29, 0.717) is 0 Å². The third-order valence-electron chi connectivity index (χ3n) is 1.39. The molecule has 2 heterocycles. The fourth-order valence-corrected chi connectivity index (χ4v) is 0.920. The Labute approximate surface area is 59.1 Å². The zero-order valence-corrected chi connectivity index (χ0v) is 5.44. The van der Waals surface area contributed by atoms with Crippen molar-refractivity contribution in [3.63, 3.8) is 0 Å². The van der Waals surface area contributed by atoms with Crippen LogP contribution in [0.5, 0.6) is 0 Å². The van der Waals surface area contributed by atoms with Crippen molar-refractivity contribution in [1.82, 2.24) is 5.01 Å². The number of hydrogen-bond donors (Lipinski definition) is 0. The summed E-state index contributed by atoms with van der Waals surface area (Å²) in [6.45, 7) is 0.833. The first-order valence-electron chi connectivity index (χ1n) is 3.18. The van der Waals surface area contributed by atoms with Gasteiger partial charge < -0.3 is 0 Å². The van der Waals surface area contributed by atoms with Crippen molar-refractivity contribution in [2.75, 3.05) is 6.54 Å². The van der Waals surface area contributed by atoms with Gasteiger partial charge in [-0.25, -0.2) is 10.0 Å². The maximum Gasteiger partial charge on any atom is 0.149 e. The molecular formula is C7H7N3. The van der Waals surface area contributed by atoms with Gasteiger partial charge in [0.25, 0.3) is 0 Å². The maximum atomic E-state index is 4.11. The lowest BCUT2D eigenvalue weighted by Crippen LogP contribution is -2.27. The maximum absolute atomic E-state index is 4.11. The van der Waals surface area contributed by atoms with E-state index in [-0.39, 0.29) is 0 Å². The molecule has 0 bridgehead atoms. The average Bonchev–Trinajstić information content (AvgIpc) is 2.05. The number of allylic oxidation sites excluding steroid dienone is 1. The van der Waals surface area contributed by atoms with Gasteiger partial charge in [0, 0.05) is 12.4 Å². The second kappa shape index (κ2) is 2.10. The van der Waals surface area contributed by atoms with Gasteiger partial charge in [0.2, 0.25) is 0 Å². The lowest BCUT2D eigenvalue weighted by molar-refractivity contribution is 0.492. The molecule has 0 spiro atoms. The molecule has 0 radical (unpaired) electrons. The second-order valence-electron chi connectivity index (χ2n) is 2.08. The van der Waals surface area contributed by atoms with Gasteiger partial charge in [0.15, 0.2) is 0 Å². The summed E-state index contributed by atoms with van der Waals surface area (Å²) in [4.78, 5) is 4.11. The Morgan fingerprint density at radius 3 is 3.40 bits per heavy atom. The summed E-state index contributed by atoms with van der Waals surface area (Å²) in [5.74, 6) is 0.921. The van der Waals surface area contributed by atoms with Crippen molar-refractivity contribution in [3.05, 3.63) is 24.4 Å². The Kier molecular flexibility index (Phi) is 1.13. The van der Waals surface area contributed by atoms with Crippen molar-refractivity contribution in [2.24, 2.45) is 10.1 Å². The molecule has 2 rings (SSSR count). The summed E-state index contributed by atoms with van der Waals surface area (Å²) in [6, 6.07) is 0. The van der Waals surface area contributed by atoms with Crippen LogP contribution in [-0.2, 0) is 0 Å². The van der Waals surface area contributed by atoms with Crippen LogP contribution < -0.4 is 0 Å². The van der Waals surface area contributed by atoms with Gasteiger partial charge in [-0.15, -0.1) is 0 Å². The van der Waals surface area contributed by atoms with Crippen LogP contribution in [0.4, 0.5) is 0 Å². The van der Waals surface area contributed by atoms with Crippen LogP contribution in [0.25, 0.3) is 0 Å². The molecule has 50 valence electrons. The van der Waals surface area contributed by atoms with E-state index < -0.39 is 0 Å². The largest absolute Gasteiger partial charge is 0.244 e. The fourth-order valence-electron chi connectivity index (χ4n) is 0.920. The van der Waals surface area contributed by atoms with Crippen molar-refractivity contribution in [3.8, 4) is 0 Å². The molecule has 0 aromatic carbocycles. The highest BCUT2D eigenvalue weighted by Gasteiger charge is 2.08. The topological polar surface area (TPSA) is 28.0 Å². The zero-order chi connectivity index (χ0) is 6.81. The zero-order valence-electron chi connectivity index (χ0n) is 5.44. The molecule has 0 atom stereocenters. The molecule has 2 aliphatic heterocycles. The molecule has 0 aliphatic carbocycles. The molecule has 2 aliphatic rings. The molecule has 0 saturated carbocycles. The predicted molar refractivity (Wildman–Crippen MR) is 40.9 cm³/mol. The first-order chi connectivity index (χ1) is 4.97. The van der Waals surface area contributed by atoms with Crippen LogP contribution in [0.15, 0.2) is 34.5 Å². The number of rotatable bonds is 0. The molecule has 0 amide bonds. The molecule has 3 heteroatoms. The number of amidine groups is 1. The molecule has 3 nitrogen and oxygen atoms in total. The highest BCUT2D eigenvalue weighted by molar-refractivity contribution is 5.99. The molecule has 10 heavy (non-hydrogen) atoms. The van der Waals surface area contributed by atoms with E-state index in [1.165, 1.54) is 0 Å². The van der Waals surface area contributed by atoms with E-state index in [1.54, 1.807) is 12.4 Å². The van der Waals surface area contributed by atoms with Gasteiger partial charge in [-0.1, -0.05) is 0 Å². The van der Waals surface area contributed by atoms with Gasteiger partial charge in [-0.2, -0.15) is 5.10 Å². The minimum atomic E-state index is 0.833. The van der Waals surface area contributed by atoms with Gasteiger partial charge >= 0.3 is 0 Å². The lowest BCUT2D eigenvalue weighted by Gasteiger charge is -2.20. The van der Waals surface area contributed by atoms with Gasteiger partial charge in [-0.3, -0.25) is 0 Å². The summed E-state index contributed by atoms with van der Waals surface area (Å²) in [6.07, 6.45) is 9.36. The Bertz CT molecular complexity index is 248. The number of nitrogens with zero attached hydrogens (tertiary/aromatic N) is 3. The van der Waals surface area contributed by atoms with Crippen LogP contribution in [0, 0.1) is 0 Å². The van der Waals surface area contributed by atoms with Crippen molar-refractivity contribution in [2.45, 2.75) is 0 Å². The van der Waals surface area contributed by atoms with Crippen LogP contribution in [0.2, 0.25) is 0 Å². The van der Waals surface area contributed by atoms with Crippen LogP contribution >= 0.6 is 0 Å². The van der Waals surface area contributed by atoms with Crippen LogP contribution in [-0.4, -0.2) is 23.6 Å². The second-order valence-corrected chi connectivity index (χ2v) is 2.08. The van der Waals surface area contributed by atoms with E-state index in [4.69, 9.17) is 0 Å².